The van der Waals surface area contributed by atoms with Gasteiger partial charge in [-0.05, 0) is 12.1 Å². The number of rotatable bonds is 4. The lowest BCUT2D eigenvalue weighted by molar-refractivity contribution is -0.0874. The van der Waals surface area contributed by atoms with E-state index < -0.39 is 50.5 Å². The standard InChI is InChI=1S/C18H18O6S/c19-10-16-8-7-14(24-16)18(25(21,22)12-4-2-1-3-5-12)15(16)13-6-9-17(18,11-20)23-13/h1-9,13-15,19-20H,10-11H2/t13-,14+,15+,16+,17-,18+/m1/s1. The number of benzene rings is 1. The van der Waals surface area contributed by atoms with Gasteiger partial charge in [-0.25, -0.2) is 8.42 Å². The minimum absolute atomic E-state index is 0.162. The minimum atomic E-state index is -3.94. The molecule has 132 valence electrons. The fourth-order valence-electron chi connectivity index (χ4n) is 5.26. The van der Waals surface area contributed by atoms with E-state index in [4.69, 9.17) is 9.47 Å². The quantitative estimate of drug-likeness (QED) is 0.744. The van der Waals surface area contributed by atoms with Crippen molar-refractivity contribution >= 4 is 9.84 Å². The van der Waals surface area contributed by atoms with Crippen LogP contribution in [-0.2, 0) is 19.3 Å². The summed E-state index contributed by atoms with van der Waals surface area (Å²) in [6, 6.07) is 8.17. The predicted molar refractivity (Wildman–Crippen MR) is 87.5 cm³/mol. The number of aliphatic hydroxyl groups excluding tert-OH is 2. The van der Waals surface area contributed by atoms with E-state index in [2.05, 4.69) is 0 Å². The van der Waals surface area contributed by atoms with E-state index in [1.54, 1.807) is 54.6 Å². The fraction of sp³-hybridized carbons (Fsp3) is 0.444. The second-order valence-electron chi connectivity index (χ2n) is 7.09. The van der Waals surface area contributed by atoms with Gasteiger partial charge in [0.2, 0.25) is 0 Å². The molecule has 2 fully saturated rings. The van der Waals surface area contributed by atoms with Crippen LogP contribution in [0.1, 0.15) is 0 Å². The zero-order chi connectivity index (χ0) is 17.5. The maximum Gasteiger partial charge on any atom is 0.190 e. The summed E-state index contributed by atoms with van der Waals surface area (Å²) < 4.78 is 38.2. The highest BCUT2D eigenvalue weighted by Crippen LogP contribution is 2.67. The lowest BCUT2D eigenvalue weighted by Crippen LogP contribution is -2.66. The van der Waals surface area contributed by atoms with Crippen LogP contribution in [0.25, 0.3) is 0 Å². The van der Waals surface area contributed by atoms with Gasteiger partial charge in [-0.1, -0.05) is 42.5 Å². The fourth-order valence-corrected chi connectivity index (χ4v) is 7.90. The summed E-state index contributed by atoms with van der Waals surface area (Å²) in [5.74, 6) is -0.623. The van der Waals surface area contributed by atoms with Crippen molar-refractivity contribution in [1.82, 2.24) is 0 Å². The zero-order valence-electron chi connectivity index (χ0n) is 13.3. The van der Waals surface area contributed by atoms with E-state index in [1.165, 1.54) is 0 Å². The monoisotopic (exact) mass is 362 g/mol. The molecule has 0 aliphatic carbocycles. The number of aliphatic hydroxyl groups is 2. The van der Waals surface area contributed by atoms with E-state index in [-0.39, 0.29) is 11.5 Å². The number of fused-ring (bicyclic) bond motifs is 9. The number of hydrogen-bond donors (Lipinski definition) is 2. The summed E-state index contributed by atoms with van der Waals surface area (Å²) in [7, 11) is -3.94. The molecule has 5 rings (SSSR count). The van der Waals surface area contributed by atoms with E-state index in [1.807, 2.05) is 0 Å². The third-order valence-corrected chi connectivity index (χ3v) is 8.80. The Kier molecular flexibility index (Phi) is 2.90. The van der Waals surface area contributed by atoms with Crippen molar-refractivity contribution in [3.8, 4) is 0 Å². The SMILES string of the molecule is O=S(=O)(c1ccccc1)[C@@]12[C@@H]3C=C[C@@](CO)(O3)[C@@H]1[C@H]1C=C[C@]2(CO)O1. The van der Waals surface area contributed by atoms with Gasteiger partial charge in [0.15, 0.2) is 9.84 Å². The molecule has 4 aliphatic rings. The summed E-state index contributed by atoms with van der Waals surface area (Å²) in [4.78, 5) is 0.162. The third-order valence-electron chi connectivity index (χ3n) is 6.18. The Morgan fingerprint density at radius 3 is 2.44 bits per heavy atom. The van der Waals surface area contributed by atoms with Gasteiger partial charge in [-0.15, -0.1) is 0 Å². The van der Waals surface area contributed by atoms with Crippen LogP contribution >= 0.6 is 0 Å². The Morgan fingerprint density at radius 2 is 1.76 bits per heavy atom. The van der Waals surface area contributed by atoms with Crippen LogP contribution in [0, 0.1) is 5.92 Å². The number of hydrogen-bond acceptors (Lipinski definition) is 6. The second-order valence-corrected chi connectivity index (χ2v) is 9.24. The van der Waals surface area contributed by atoms with E-state index >= 15 is 0 Å². The molecule has 1 aromatic carbocycles. The lowest BCUT2D eigenvalue weighted by Gasteiger charge is -2.45. The first kappa shape index (κ1) is 15.7. The molecule has 2 saturated heterocycles. The first-order valence-corrected chi connectivity index (χ1v) is 9.71. The highest BCUT2D eigenvalue weighted by atomic mass is 32.2. The van der Waals surface area contributed by atoms with Crippen LogP contribution in [0.5, 0.6) is 0 Å². The van der Waals surface area contributed by atoms with E-state index in [0.717, 1.165) is 0 Å². The summed E-state index contributed by atoms with van der Waals surface area (Å²) >= 11 is 0. The molecule has 0 amide bonds. The average molecular weight is 362 g/mol. The first-order valence-electron chi connectivity index (χ1n) is 8.23. The third kappa shape index (κ3) is 1.46. The number of ether oxygens (including phenoxy) is 2. The lowest BCUT2D eigenvalue weighted by atomic mass is 9.65. The molecule has 0 aromatic heterocycles. The van der Waals surface area contributed by atoms with Crippen molar-refractivity contribution in [2.24, 2.45) is 5.92 Å². The highest BCUT2D eigenvalue weighted by Gasteiger charge is 2.84. The van der Waals surface area contributed by atoms with Crippen molar-refractivity contribution in [1.29, 1.82) is 0 Å². The van der Waals surface area contributed by atoms with Crippen LogP contribution in [-0.4, -0.2) is 60.0 Å². The maximum atomic E-state index is 13.8. The smallest absolute Gasteiger partial charge is 0.190 e. The second kappa shape index (κ2) is 4.61. The Labute approximate surface area is 145 Å². The Hall–Kier alpha value is -1.51. The molecular formula is C18H18O6S. The molecule has 6 atom stereocenters. The van der Waals surface area contributed by atoms with Crippen LogP contribution in [0.3, 0.4) is 0 Å². The van der Waals surface area contributed by atoms with Crippen molar-refractivity contribution in [3.63, 3.8) is 0 Å². The molecule has 0 saturated carbocycles. The average Bonchev–Trinajstić information content (AvgIpc) is 3.39. The molecule has 4 heterocycles. The molecule has 1 aromatic rings. The Morgan fingerprint density at radius 1 is 1.00 bits per heavy atom. The molecule has 25 heavy (non-hydrogen) atoms. The van der Waals surface area contributed by atoms with E-state index in [0.29, 0.717) is 0 Å². The normalized spacial score (nSPS) is 46.1. The van der Waals surface area contributed by atoms with Crippen molar-refractivity contribution in [2.45, 2.75) is 33.1 Å². The van der Waals surface area contributed by atoms with Gasteiger partial charge in [-0.2, -0.15) is 0 Å². The van der Waals surface area contributed by atoms with Crippen molar-refractivity contribution in [2.75, 3.05) is 13.2 Å². The topological polar surface area (TPSA) is 93.1 Å². The number of sulfone groups is 1. The van der Waals surface area contributed by atoms with Gasteiger partial charge in [0.1, 0.15) is 22.1 Å². The summed E-state index contributed by atoms with van der Waals surface area (Å²) in [5.41, 5.74) is -2.50. The Balaban J connectivity index is 1.83. The van der Waals surface area contributed by atoms with Crippen LogP contribution in [0.4, 0.5) is 0 Å². The predicted octanol–water partition coefficient (Wildman–Crippen LogP) is 0.215. The van der Waals surface area contributed by atoms with Crippen LogP contribution < -0.4 is 0 Å². The minimum Gasteiger partial charge on any atom is -0.393 e. The molecule has 0 radical (unpaired) electrons. The molecule has 4 aliphatic heterocycles. The summed E-state index contributed by atoms with van der Waals surface area (Å²) in [5, 5.41) is 20.2. The van der Waals surface area contributed by atoms with Gasteiger partial charge < -0.3 is 19.7 Å². The Bertz CT molecular complexity index is 893. The van der Waals surface area contributed by atoms with Crippen molar-refractivity contribution in [3.05, 3.63) is 54.6 Å². The molecule has 7 heteroatoms. The largest absolute Gasteiger partial charge is 0.393 e. The molecular weight excluding hydrogens is 344 g/mol. The van der Waals surface area contributed by atoms with Crippen LogP contribution in [0.15, 0.2) is 59.5 Å². The molecule has 4 bridgehead atoms. The molecule has 2 N–H and O–H groups in total. The van der Waals surface area contributed by atoms with Gasteiger partial charge in [0, 0.05) is 0 Å². The van der Waals surface area contributed by atoms with Gasteiger partial charge >= 0.3 is 0 Å². The summed E-state index contributed by atoms with van der Waals surface area (Å²) in [6.07, 6.45) is 5.52. The van der Waals surface area contributed by atoms with Crippen LogP contribution in [0.2, 0.25) is 0 Å². The highest BCUT2D eigenvalue weighted by molar-refractivity contribution is 7.93. The van der Waals surface area contributed by atoms with Gasteiger partial charge in [0.05, 0.1) is 30.1 Å². The van der Waals surface area contributed by atoms with Gasteiger partial charge in [-0.3, -0.25) is 0 Å². The van der Waals surface area contributed by atoms with Gasteiger partial charge in [0.25, 0.3) is 0 Å². The summed E-state index contributed by atoms with van der Waals surface area (Å²) in [6.45, 7) is -0.816. The zero-order valence-corrected chi connectivity index (χ0v) is 14.1. The first-order chi connectivity index (χ1) is 12.0. The van der Waals surface area contributed by atoms with E-state index in [9.17, 15) is 18.6 Å². The molecule has 0 unspecified atom stereocenters. The molecule has 6 nitrogen and oxygen atoms in total. The molecule has 0 spiro atoms. The van der Waals surface area contributed by atoms with Crippen molar-refractivity contribution < 1.29 is 28.1 Å². The maximum absolute atomic E-state index is 13.8.